The second-order valence-corrected chi connectivity index (χ2v) is 5.59. The molecule has 0 saturated carbocycles. The second kappa shape index (κ2) is 6.23. The lowest BCUT2D eigenvalue weighted by Gasteiger charge is -2.37. The number of hydrogen-bond donors (Lipinski definition) is 1. The summed E-state index contributed by atoms with van der Waals surface area (Å²) in [6.07, 6.45) is 0. The van der Waals surface area contributed by atoms with Gasteiger partial charge in [-0.3, -0.25) is 0 Å². The van der Waals surface area contributed by atoms with Crippen molar-refractivity contribution in [2.24, 2.45) is 0 Å². The Morgan fingerprint density at radius 2 is 1.67 bits per heavy atom. The molecule has 1 aromatic rings. The Hall–Kier alpha value is -1.28. The normalized spacial score (nSPS) is 12.7. The van der Waals surface area contributed by atoms with E-state index in [4.69, 9.17) is 4.65 Å². The highest BCUT2D eigenvalue weighted by Gasteiger charge is 2.36. The molecule has 0 radical (unpaired) electrons. The molecule has 8 heteroatoms. The molecule has 1 rings (SSSR count). The van der Waals surface area contributed by atoms with Gasteiger partial charge in [0.15, 0.2) is 17.4 Å². The highest BCUT2D eigenvalue weighted by Crippen LogP contribution is 2.25. The van der Waals surface area contributed by atoms with Gasteiger partial charge in [-0.2, -0.15) is 13.2 Å². The van der Waals surface area contributed by atoms with Crippen molar-refractivity contribution < 1.29 is 32.1 Å². The summed E-state index contributed by atoms with van der Waals surface area (Å²) in [7, 11) is -0.325. The summed E-state index contributed by atoms with van der Waals surface area (Å²) in [5, 5.41) is 9.89. The molecule has 0 heterocycles. The first kappa shape index (κ1) is 17.8. The maximum absolute atomic E-state index is 13.7. The Bertz CT molecular complexity index is 501. The molecule has 118 valence electrons. The summed E-state index contributed by atoms with van der Waals surface area (Å²) in [5.41, 5.74) is -2.39. The predicted molar refractivity (Wildman–Crippen MR) is 71.2 cm³/mol. The number of alkyl halides is 2. The number of benzene rings is 1. The number of halogens is 4. The molecule has 0 amide bonds. The number of ether oxygens (including phenoxy) is 1. The maximum Gasteiger partial charge on any atom is 0.387 e. The number of rotatable bonds is 6. The van der Waals surface area contributed by atoms with E-state index in [1.807, 2.05) is 0 Å². The van der Waals surface area contributed by atoms with Crippen LogP contribution in [0.15, 0.2) is 12.1 Å². The van der Waals surface area contributed by atoms with Crippen LogP contribution in [-0.2, 0) is 4.65 Å². The van der Waals surface area contributed by atoms with Crippen LogP contribution in [0.2, 0.25) is 0 Å². The third-order valence-corrected chi connectivity index (χ3v) is 3.40. The number of hydrogen-bond acceptors (Lipinski definition) is 3. The van der Waals surface area contributed by atoms with E-state index >= 15 is 0 Å². The average Bonchev–Trinajstić information content (AvgIpc) is 2.32. The van der Waals surface area contributed by atoms with Gasteiger partial charge in [-0.1, -0.05) is 6.07 Å². The Labute approximate surface area is 121 Å². The minimum absolute atomic E-state index is 0.161. The summed E-state index contributed by atoms with van der Waals surface area (Å²) in [6.45, 7) is 2.98. The van der Waals surface area contributed by atoms with E-state index in [0.29, 0.717) is 0 Å². The van der Waals surface area contributed by atoms with E-state index in [-0.39, 0.29) is 12.9 Å². The third kappa shape index (κ3) is 4.34. The van der Waals surface area contributed by atoms with Crippen LogP contribution < -0.4 is 10.2 Å². The molecule has 0 saturated heterocycles. The summed E-state index contributed by atoms with van der Waals surface area (Å²) >= 11 is 0. The molecule has 0 aliphatic heterocycles. The Morgan fingerprint density at radius 1 is 1.10 bits per heavy atom. The predicted octanol–water partition coefficient (Wildman–Crippen LogP) is 2.11. The van der Waals surface area contributed by atoms with Crippen molar-refractivity contribution in [1.82, 2.24) is 0 Å². The second-order valence-electron chi connectivity index (χ2n) is 5.59. The molecule has 0 aromatic heterocycles. The molecule has 0 aliphatic carbocycles. The fourth-order valence-electron chi connectivity index (χ4n) is 1.30. The molecule has 0 spiro atoms. The van der Waals surface area contributed by atoms with Crippen molar-refractivity contribution in [2.75, 3.05) is 0 Å². The van der Waals surface area contributed by atoms with Crippen LogP contribution >= 0.6 is 0 Å². The molecule has 0 fully saturated rings. The highest BCUT2D eigenvalue weighted by molar-refractivity contribution is 6.47. The van der Waals surface area contributed by atoms with Crippen LogP contribution in [0.4, 0.5) is 17.6 Å². The minimum Gasteiger partial charge on any atom is -0.432 e. The summed E-state index contributed by atoms with van der Waals surface area (Å²) in [6, 6.07) is 2.00. The van der Waals surface area contributed by atoms with Gasteiger partial charge < -0.3 is 14.5 Å². The van der Waals surface area contributed by atoms with Crippen LogP contribution in [-0.4, -0.2) is 30.4 Å². The quantitative estimate of drug-likeness (QED) is 0.646. The lowest BCUT2D eigenvalue weighted by Crippen LogP contribution is -2.49. The van der Waals surface area contributed by atoms with Gasteiger partial charge in [0, 0.05) is 0 Å². The lowest BCUT2D eigenvalue weighted by molar-refractivity contribution is -0.0893. The first-order valence-electron chi connectivity index (χ1n) is 6.23. The Morgan fingerprint density at radius 3 is 2.14 bits per heavy atom. The van der Waals surface area contributed by atoms with Gasteiger partial charge in [0.05, 0.1) is 11.2 Å². The average molecular weight is 308 g/mol. The zero-order valence-corrected chi connectivity index (χ0v) is 12.2. The molecule has 0 unspecified atom stereocenters. The van der Waals surface area contributed by atoms with Crippen LogP contribution in [0.25, 0.3) is 0 Å². The first-order chi connectivity index (χ1) is 9.45. The van der Waals surface area contributed by atoms with Crippen molar-refractivity contribution in [1.29, 1.82) is 0 Å². The maximum atomic E-state index is 13.7. The molecule has 0 bridgehead atoms. The number of aliphatic hydroxyl groups is 1. The summed E-state index contributed by atoms with van der Waals surface area (Å²) < 4.78 is 60.5. The molecule has 1 N–H and O–H groups in total. The SMILES string of the molecule is CC(C)(O)C(C)(C)OBc1ccc(OC(F)F)c(F)c1F. The van der Waals surface area contributed by atoms with Gasteiger partial charge in [0.25, 0.3) is 0 Å². The van der Waals surface area contributed by atoms with Crippen molar-refractivity contribution in [3.05, 3.63) is 23.8 Å². The van der Waals surface area contributed by atoms with Crippen LogP contribution in [0.1, 0.15) is 27.7 Å². The molecule has 21 heavy (non-hydrogen) atoms. The molecule has 0 aliphatic rings. The van der Waals surface area contributed by atoms with Crippen LogP contribution in [0.5, 0.6) is 5.75 Å². The van der Waals surface area contributed by atoms with E-state index in [0.717, 1.165) is 12.1 Å². The van der Waals surface area contributed by atoms with Gasteiger partial charge in [-0.05, 0) is 39.2 Å². The lowest BCUT2D eigenvalue weighted by atomic mass is 9.82. The Balaban J connectivity index is 2.89. The van der Waals surface area contributed by atoms with Crippen molar-refractivity contribution >= 4 is 12.9 Å². The van der Waals surface area contributed by atoms with Crippen molar-refractivity contribution in [2.45, 2.75) is 45.5 Å². The molecule has 0 atom stereocenters. The van der Waals surface area contributed by atoms with E-state index in [9.17, 15) is 22.7 Å². The molecule has 1 aromatic carbocycles. The summed E-state index contributed by atoms with van der Waals surface area (Å²) in [4.78, 5) is 0. The van der Waals surface area contributed by atoms with Gasteiger partial charge >= 0.3 is 14.1 Å². The van der Waals surface area contributed by atoms with Gasteiger partial charge in [0.2, 0.25) is 0 Å². The van der Waals surface area contributed by atoms with Crippen LogP contribution in [0, 0.1) is 11.6 Å². The fraction of sp³-hybridized carbons (Fsp3) is 0.538. The fourth-order valence-corrected chi connectivity index (χ4v) is 1.30. The molecular formula is C13H17BF4O3. The van der Waals surface area contributed by atoms with Gasteiger partial charge in [-0.25, -0.2) is 4.39 Å². The van der Waals surface area contributed by atoms with Crippen molar-refractivity contribution in [3.63, 3.8) is 0 Å². The van der Waals surface area contributed by atoms with E-state index in [1.54, 1.807) is 13.8 Å². The van der Waals surface area contributed by atoms with E-state index < -0.39 is 35.2 Å². The Kier molecular flexibility index (Phi) is 5.27. The highest BCUT2D eigenvalue weighted by atomic mass is 19.3. The van der Waals surface area contributed by atoms with Crippen LogP contribution in [0.3, 0.4) is 0 Å². The third-order valence-electron chi connectivity index (χ3n) is 3.40. The largest absolute Gasteiger partial charge is 0.432 e. The zero-order chi connectivity index (χ0) is 16.4. The minimum atomic E-state index is -3.24. The first-order valence-corrected chi connectivity index (χ1v) is 6.23. The topological polar surface area (TPSA) is 38.7 Å². The van der Waals surface area contributed by atoms with E-state index in [1.165, 1.54) is 13.8 Å². The van der Waals surface area contributed by atoms with Gasteiger partial charge in [-0.15, -0.1) is 0 Å². The zero-order valence-electron chi connectivity index (χ0n) is 12.2. The molecule has 3 nitrogen and oxygen atoms in total. The van der Waals surface area contributed by atoms with E-state index in [2.05, 4.69) is 4.74 Å². The summed E-state index contributed by atoms with van der Waals surface area (Å²) in [5.74, 6) is -3.69. The molecular weight excluding hydrogens is 291 g/mol. The standard InChI is InChI=1S/C13H17BF4O3/c1-12(2,19)13(3,4)21-14-7-5-6-8(20-11(17)18)10(16)9(7)15/h5-6,11,14,19H,1-4H3. The smallest absolute Gasteiger partial charge is 0.387 e. The van der Waals surface area contributed by atoms with Crippen molar-refractivity contribution in [3.8, 4) is 5.75 Å². The monoisotopic (exact) mass is 308 g/mol. The van der Waals surface area contributed by atoms with Gasteiger partial charge in [0.1, 0.15) is 0 Å².